The number of hydrogen-bond donors (Lipinski definition) is 2. The Kier molecular flexibility index (Phi) is 4.67. The van der Waals surface area contributed by atoms with Gasteiger partial charge in [0.15, 0.2) is 0 Å². The largest absolute Gasteiger partial charge is 0.507 e. The van der Waals surface area contributed by atoms with Gasteiger partial charge in [-0.2, -0.15) is 0 Å². The van der Waals surface area contributed by atoms with Crippen molar-refractivity contribution in [2.45, 2.75) is 25.9 Å². The third kappa shape index (κ3) is 3.94. The van der Waals surface area contributed by atoms with Crippen LogP contribution in [0.5, 0.6) is 5.75 Å². The first-order valence-corrected chi connectivity index (χ1v) is 5.57. The predicted molar refractivity (Wildman–Crippen MR) is 65.6 cm³/mol. The maximum atomic E-state index is 9.31. The van der Waals surface area contributed by atoms with Crippen LogP contribution in [0.3, 0.4) is 0 Å². The van der Waals surface area contributed by atoms with Gasteiger partial charge in [0.05, 0.1) is 4.47 Å². The van der Waals surface area contributed by atoms with Crippen molar-refractivity contribution in [1.29, 1.82) is 0 Å². The summed E-state index contributed by atoms with van der Waals surface area (Å²) in [6, 6.07) is 5.76. The highest BCUT2D eigenvalue weighted by molar-refractivity contribution is 9.10. The second kappa shape index (κ2) is 5.79. The molecule has 15 heavy (non-hydrogen) atoms. The molecular weight excluding hydrogens is 254 g/mol. The van der Waals surface area contributed by atoms with Crippen molar-refractivity contribution in [2.75, 3.05) is 0 Å². The van der Waals surface area contributed by atoms with Gasteiger partial charge in [-0.05, 0) is 40.5 Å². The standard InChI is InChI=1S/C12H14BrNO/c1-3-4-9(2)14-8-10-5-6-12(15)11(13)7-10/h1,5-7,9,14-15H,4,8H2,2H3. The van der Waals surface area contributed by atoms with Crippen molar-refractivity contribution in [3.8, 4) is 18.1 Å². The molecule has 0 heterocycles. The Morgan fingerprint density at radius 2 is 2.33 bits per heavy atom. The monoisotopic (exact) mass is 267 g/mol. The van der Waals surface area contributed by atoms with Gasteiger partial charge in [-0.15, -0.1) is 12.3 Å². The van der Waals surface area contributed by atoms with Crippen LogP contribution >= 0.6 is 15.9 Å². The fraction of sp³-hybridized carbons (Fsp3) is 0.333. The number of hydrogen-bond acceptors (Lipinski definition) is 2. The number of halogens is 1. The summed E-state index contributed by atoms with van der Waals surface area (Å²) >= 11 is 3.27. The van der Waals surface area contributed by atoms with Crippen LogP contribution in [0.25, 0.3) is 0 Å². The molecular formula is C12H14BrNO. The zero-order chi connectivity index (χ0) is 11.3. The van der Waals surface area contributed by atoms with Gasteiger partial charge in [0, 0.05) is 19.0 Å². The average molecular weight is 268 g/mol. The zero-order valence-electron chi connectivity index (χ0n) is 8.63. The minimum atomic E-state index is 0.260. The van der Waals surface area contributed by atoms with E-state index < -0.39 is 0 Å². The predicted octanol–water partition coefficient (Wildman–Crippen LogP) is 2.66. The lowest BCUT2D eigenvalue weighted by Crippen LogP contribution is -2.24. The maximum absolute atomic E-state index is 9.31. The van der Waals surface area contributed by atoms with Crippen molar-refractivity contribution >= 4 is 15.9 Å². The van der Waals surface area contributed by atoms with Gasteiger partial charge in [0.25, 0.3) is 0 Å². The lowest BCUT2D eigenvalue weighted by molar-refractivity contribution is 0.471. The summed E-state index contributed by atoms with van der Waals surface area (Å²) in [5, 5.41) is 12.6. The molecule has 0 spiro atoms. The van der Waals surface area contributed by atoms with E-state index in [9.17, 15) is 5.11 Å². The lowest BCUT2D eigenvalue weighted by Gasteiger charge is -2.11. The van der Waals surface area contributed by atoms with Crippen LogP contribution in [-0.2, 0) is 6.54 Å². The van der Waals surface area contributed by atoms with E-state index in [0.29, 0.717) is 10.5 Å². The molecule has 1 rings (SSSR count). The van der Waals surface area contributed by atoms with E-state index in [4.69, 9.17) is 6.42 Å². The summed E-state index contributed by atoms with van der Waals surface area (Å²) in [6.07, 6.45) is 5.93. The molecule has 0 fully saturated rings. The molecule has 0 aliphatic rings. The van der Waals surface area contributed by atoms with E-state index in [0.717, 1.165) is 18.5 Å². The molecule has 1 unspecified atom stereocenters. The number of rotatable bonds is 4. The van der Waals surface area contributed by atoms with E-state index in [1.165, 1.54) is 0 Å². The highest BCUT2D eigenvalue weighted by Gasteiger charge is 2.02. The molecule has 0 radical (unpaired) electrons. The Morgan fingerprint density at radius 3 is 2.93 bits per heavy atom. The van der Waals surface area contributed by atoms with E-state index in [-0.39, 0.29) is 5.75 Å². The molecule has 1 aromatic carbocycles. The number of phenols is 1. The maximum Gasteiger partial charge on any atom is 0.129 e. The Balaban J connectivity index is 2.51. The SMILES string of the molecule is C#CCC(C)NCc1ccc(O)c(Br)c1. The third-order valence-electron chi connectivity index (χ3n) is 2.09. The number of aromatic hydroxyl groups is 1. The van der Waals surface area contributed by atoms with Crippen molar-refractivity contribution in [1.82, 2.24) is 5.32 Å². The summed E-state index contributed by atoms with van der Waals surface area (Å²) in [4.78, 5) is 0. The Hall–Kier alpha value is -0.980. The summed E-state index contributed by atoms with van der Waals surface area (Å²) in [6.45, 7) is 2.80. The number of terminal acetylenes is 1. The Labute approximate surface area is 98.8 Å². The van der Waals surface area contributed by atoms with E-state index in [1.54, 1.807) is 6.07 Å². The molecule has 0 bridgehead atoms. The summed E-state index contributed by atoms with van der Waals surface area (Å²) in [5.74, 6) is 2.87. The first-order chi connectivity index (χ1) is 7.13. The van der Waals surface area contributed by atoms with E-state index >= 15 is 0 Å². The van der Waals surface area contributed by atoms with Gasteiger partial charge in [-0.1, -0.05) is 6.07 Å². The molecule has 3 heteroatoms. The first kappa shape index (κ1) is 12.1. The van der Waals surface area contributed by atoms with Crippen molar-refractivity contribution in [3.05, 3.63) is 28.2 Å². The van der Waals surface area contributed by atoms with Crippen molar-refractivity contribution in [2.24, 2.45) is 0 Å². The molecule has 2 N–H and O–H groups in total. The van der Waals surface area contributed by atoms with Crippen LogP contribution in [0, 0.1) is 12.3 Å². The third-order valence-corrected chi connectivity index (χ3v) is 2.73. The topological polar surface area (TPSA) is 32.3 Å². The fourth-order valence-electron chi connectivity index (χ4n) is 1.20. The van der Waals surface area contributed by atoms with E-state index in [2.05, 4.69) is 34.1 Å². The minimum absolute atomic E-state index is 0.260. The molecule has 0 saturated heterocycles. The highest BCUT2D eigenvalue weighted by Crippen LogP contribution is 2.24. The van der Waals surface area contributed by atoms with Crippen LogP contribution in [0.1, 0.15) is 18.9 Å². The molecule has 0 saturated carbocycles. The van der Waals surface area contributed by atoms with Crippen molar-refractivity contribution < 1.29 is 5.11 Å². The van der Waals surface area contributed by atoms with Crippen LogP contribution in [0.2, 0.25) is 0 Å². The normalized spacial score (nSPS) is 12.1. The molecule has 1 atom stereocenters. The summed E-state index contributed by atoms with van der Waals surface area (Å²) in [7, 11) is 0. The summed E-state index contributed by atoms with van der Waals surface area (Å²) < 4.78 is 0.714. The van der Waals surface area contributed by atoms with Gasteiger partial charge >= 0.3 is 0 Å². The van der Waals surface area contributed by atoms with Gasteiger partial charge in [0.1, 0.15) is 5.75 Å². The van der Waals surface area contributed by atoms with E-state index in [1.807, 2.05) is 12.1 Å². The van der Waals surface area contributed by atoms with Gasteiger partial charge < -0.3 is 10.4 Å². The molecule has 0 aliphatic heterocycles. The summed E-state index contributed by atoms with van der Waals surface area (Å²) in [5.41, 5.74) is 1.11. The molecule has 2 nitrogen and oxygen atoms in total. The molecule has 0 amide bonds. The molecule has 0 aliphatic carbocycles. The smallest absolute Gasteiger partial charge is 0.129 e. The molecule has 0 aromatic heterocycles. The van der Waals surface area contributed by atoms with Crippen LogP contribution < -0.4 is 5.32 Å². The quantitative estimate of drug-likeness (QED) is 0.823. The minimum Gasteiger partial charge on any atom is -0.507 e. The van der Waals surface area contributed by atoms with Crippen LogP contribution in [0.15, 0.2) is 22.7 Å². The van der Waals surface area contributed by atoms with Gasteiger partial charge in [-0.25, -0.2) is 0 Å². The number of benzene rings is 1. The second-order valence-corrected chi connectivity index (χ2v) is 4.33. The fourth-order valence-corrected chi connectivity index (χ4v) is 1.63. The zero-order valence-corrected chi connectivity index (χ0v) is 10.2. The lowest BCUT2D eigenvalue weighted by atomic mass is 10.2. The first-order valence-electron chi connectivity index (χ1n) is 4.77. The molecule has 1 aromatic rings. The van der Waals surface area contributed by atoms with Crippen LogP contribution in [0.4, 0.5) is 0 Å². The van der Waals surface area contributed by atoms with Crippen LogP contribution in [-0.4, -0.2) is 11.1 Å². The molecule has 80 valence electrons. The Morgan fingerprint density at radius 1 is 1.60 bits per heavy atom. The number of phenolic OH excluding ortho intramolecular Hbond substituents is 1. The van der Waals surface area contributed by atoms with Crippen molar-refractivity contribution in [3.63, 3.8) is 0 Å². The van der Waals surface area contributed by atoms with Gasteiger partial charge in [-0.3, -0.25) is 0 Å². The highest BCUT2D eigenvalue weighted by atomic mass is 79.9. The second-order valence-electron chi connectivity index (χ2n) is 3.48. The van der Waals surface area contributed by atoms with Gasteiger partial charge in [0.2, 0.25) is 0 Å². The number of nitrogens with one attached hydrogen (secondary N) is 1. The Bertz CT molecular complexity index is 370. The average Bonchev–Trinajstić information content (AvgIpc) is 2.20.